The van der Waals surface area contributed by atoms with Crippen molar-refractivity contribution in [2.75, 3.05) is 12.0 Å². The summed E-state index contributed by atoms with van der Waals surface area (Å²) in [6.07, 6.45) is 1.51. The van der Waals surface area contributed by atoms with Gasteiger partial charge in [0.25, 0.3) is 11.6 Å². The number of rotatable bonds is 5. The van der Waals surface area contributed by atoms with E-state index in [1.54, 1.807) is 6.92 Å². The standard InChI is InChI=1S/C11H12Cl2N2O4S/c1-6(5-20(2)19)14-11(16)8-3-7(15(17)18)4-9(12)10(8)13/h3-4,6H,5H2,1-2H3,(H,14,16). The third-order valence-corrected chi connectivity index (χ3v) is 4.10. The van der Waals surface area contributed by atoms with Gasteiger partial charge in [-0.05, 0) is 6.92 Å². The predicted octanol–water partition coefficient (Wildman–Crippen LogP) is 2.40. The number of nitrogens with zero attached hydrogens (tertiary/aromatic N) is 1. The van der Waals surface area contributed by atoms with Crippen LogP contribution in [0.4, 0.5) is 5.69 Å². The molecule has 0 aromatic heterocycles. The van der Waals surface area contributed by atoms with E-state index in [4.69, 9.17) is 23.2 Å². The van der Waals surface area contributed by atoms with Crippen LogP contribution in [0.3, 0.4) is 0 Å². The zero-order valence-corrected chi connectivity index (χ0v) is 13.0. The molecule has 1 rings (SSSR count). The van der Waals surface area contributed by atoms with Gasteiger partial charge in [-0.1, -0.05) is 23.2 Å². The van der Waals surface area contributed by atoms with E-state index in [0.717, 1.165) is 12.1 Å². The van der Waals surface area contributed by atoms with E-state index < -0.39 is 21.6 Å². The lowest BCUT2D eigenvalue weighted by Crippen LogP contribution is -2.36. The Bertz CT molecular complexity index is 580. The minimum Gasteiger partial charge on any atom is -0.349 e. The Labute approximate surface area is 128 Å². The van der Waals surface area contributed by atoms with Gasteiger partial charge >= 0.3 is 0 Å². The first-order valence-electron chi connectivity index (χ1n) is 5.46. The largest absolute Gasteiger partial charge is 0.349 e. The van der Waals surface area contributed by atoms with E-state index in [0.29, 0.717) is 0 Å². The molecule has 9 heteroatoms. The summed E-state index contributed by atoms with van der Waals surface area (Å²) < 4.78 is 11.1. The highest BCUT2D eigenvalue weighted by Gasteiger charge is 2.20. The SMILES string of the molecule is CC(CS(C)=O)NC(=O)c1cc([N+](=O)[O-])cc(Cl)c1Cl. The minimum atomic E-state index is -1.07. The maximum Gasteiger partial charge on any atom is 0.271 e. The molecule has 0 spiro atoms. The fraction of sp³-hybridized carbons (Fsp3) is 0.364. The van der Waals surface area contributed by atoms with Crippen LogP contribution in [-0.4, -0.2) is 33.1 Å². The summed E-state index contributed by atoms with van der Waals surface area (Å²) in [5.74, 6) is -0.329. The zero-order chi connectivity index (χ0) is 15.4. The van der Waals surface area contributed by atoms with E-state index >= 15 is 0 Å². The second-order valence-electron chi connectivity index (χ2n) is 4.16. The number of carbonyl (C=O) groups is 1. The average Bonchev–Trinajstić information content (AvgIpc) is 2.30. The van der Waals surface area contributed by atoms with Gasteiger partial charge in [-0.25, -0.2) is 0 Å². The molecule has 1 amide bonds. The van der Waals surface area contributed by atoms with Crippen molar-refractivity contribution >= 4 is 45.6 Å². The molecule has 6 nitrogen and oxygen atoms in total. The minimum absolute atomic E-state index is 0.0559. The number of nitro groups is 1. The van der Waals surface area contributed by atoms with E-state index in [2.05, 4.69) is 5.32 Å². The number of nitro benzene ring substituents is 1. The van der Waals surface area contributed by atoms with E-state index in [1.807, 2.05) is 0 Å². The summed E-state index contributed by atoms with van der Waals surface area (Å²) in [6.45, 7) is 1.67. The number of hydrogen-bond acceptors (Lipinski definition) is 4. The number of non-ortho nitro benzene ring substituents is 1. The maximum atomic E-state index is 12.0. The Morgan fingerprint density at radius 3 is 2.60 bits per heavy atom. The third-order valence-electron chi connectivity index (χ3n) is 2.33. The first-order chi connectivity index (χ1) is 9.22. The van der Waals surface area contributed by atoms with Crippen molar-refractivity contribution in [3.8, 4) is 0 Å². The number of nitrogens with one attached hydrogen (secondary N) is 1. The lowest BCUT2D eigenvalue weighted by molar-refractivity contribution is -0.384. The Kier molecular flexibility index (Phi) is 5.91. The lowest BCUT2D eigenvalue weighted by Gasteiger charge is -2.13. The Balaban J connectivity index is 3.03. The summed E-state index contributed by atoms with van der Waals surface area (Å²) in [7, 11) is -1.07. The van der Waals surface area contributed by atoms with Gasteiger partial charge < -0.3 is 5.32 Å². The van der Waals surface area contributed by atoms with Crippen molar-refractivity contribution in [3.63, 3.8) is 0 Å². The topological polar surface area (TPSA) is 89.3 Å². The van der Waals surface area contributed by atoms with Crippen LogP contribution in [-0.2, 0) is 10.8 Å². The van der Waals surface area contributed by atoms with Crippen LogP contribution in [0.2, 0.25) is 10.0 Å². The highest BCUT2D eigenvalue weighted by molar-refractivity contribution is 7.84. The monoisotopic (exact) mass is 338 g/mol. The van der Waals surface area contributed by atoms with E-state index in [9.17, 15) is 19.1 Å². The summed E-state index contributed by atoms with van der Waals surface area (Å²) in [5, 5.41) is 13.2. The van der Waals surface area contributed by atoms with Crippen LogP contribution >= 0.6 is 23.2 Å². The third kappa shape index (κ3) is 4.43. The van der Waals surface area contributed by atoms with Crippen LogP contribution in [0.25, 0.3) is 0 Å². The van der Waals surface area contributed by atoms with Crippen LogP contribution in [0.1, 0.15) is 17.3 Å². The maximum absolute atomic E-state index is 12.0. The van der Waals surface area contributed by atoms with Crippen molar-refractivity contribution in [1.82, 2.24) is 5.32 Å². The van der Waals surface area contributed by atoms with E-state index in [1.165, 1.54) is 6.26 Å². The van der Waals surface area contributed by atoms with Crippen LogP contribution in [0.15, 0.2) is 12.1 Å². The number of benzene rings is 1. The van der Waals surface area contributed by atoms with Crippen LogP contribution in [0, 0.1) is 10.1 Å². The van der Waals surface area contributed by atoms with Gasteiger partial charge in [0.2, 0.25) is 0 Å². The molecule has 0 saturated heterocycles. The van der Waals surface area contributed by atoms with E-state index in [-0.39, 0.29) is 33.1 Å². The van der Waals surface area contributed by atoms with Gasteiger partial charge in [-0.15, -0.1) is 0 Å². The van der Waals surface area contributed by atoms with Crippen molar-refractivity contribution in [3.05, 3.63) is 37.9 Å². The van der Waals surface area contributed by atoms with Crippen molar-refractivity contribution < 1.29 is 13.9 Å². The molecule has 0 fully saturated rings. The normalized spacial score (nSPS) is 13.6. The Morgan fingerprint density at radius 1 is 1.50 bits per heavy atom. The second kappa shape index (κ2) is 7.01. The summed E-state index contributed by atoms with van der Waals surface area (Å²) >= 11 is 11.6. The van der Waals surface area contributed by atoms with Crippen LogP contribution in [0.5, 0.6) is 0 Å². The van der Waals surface area contributed by atoms with Gasteiger partial charge in [-0.3, -0.25) is 19.1 Å². The fourth-order valence-electron chi connectivity index (χ4n) is 1.54. The molecule has 0 aliphatic rings. The molecule has 2 unspecified atom stereocenters. The zero-order valence-electron chi connectivity index (χ0n) is 10.7. The molecule has 0 heterocycles. The second-order valence-corrected chi connectivity index (χ2v) is 6.43. The fourth-order valence-corrected chi connectivity index (χ4v) is 2.74. The molecule has 0 aliphatic carbocycles. The molecule has 0 bridgehead atoms. The van der Waals surface area contributed by atoms with Crippen molar-refractivity contribution in [2.45, 2.75) is 13.0 Å². The van der Waals surface area contributed by atoms with Gasteiger partial charge in [0.05, 0.1) is 20.5 Å². The van der Waals surface area contributed by atoms with Gasteiger partial charge in [0.1, 0.15) is 0 Å². The summed E-state index contributed by atoms with van der Waals surface area (Å²) in [6, 6.07) is 1.77. The van der Waals surface area contributed by atoms with Crippen molar-refractivity contribution in [2.24, 2.45) is 0 Å². The summed E-state index contributed by atoms with van der Waals surface area (Å²) in [5.41, 5.74) is -0.407. The quantitative estimate of drug-likeness (QED) is 0.659. The van der Waals surface area contributed by atoms with Crippen LogP contribution < -0.4 is 5.32 Å². The predicted molar refractivity (Wildman–Crippen MR) is 79.0 cm³/mol. The molecular formula is C11H12Cl2N2O4S. The first kappa shape index (κ1) is 16.9. The molecule has 1 N–H and O–H groups in total. The van der Waals surface area contributed by atoms with Gasteiger partial charge in [-0.2, -0.15) is 0 Å². The molecular weight excluding hydrogens is 327 g/mol. The van der Waals surface area contributed by atoms with Gasteiger partial charge in [0.15, 0.2) is 0 Å². The smallest absolute Gasteiger partial charge is 0.271 e. The average molecular weight is 339 g/mol. The number of amides is 1. The molecule has 110 valence electrons. The highest BCUT2D eigenvalue weighted by Crippen LogP contribution is 2.30. The van der Waals surface area contributed by atoms with Gasteiger partial charge in [0, 0.05) is 41.0 Å². The molecule has 20 heavy (non-hydrogen) atoms. The molecule has 2 atom stereocenters. The molecule has 0 aliphatic heterocycles. The molecule has 0 radical (unpaired) electrons. The molecule has 1 aromatic carbocycles. The molecule has 1 aromatic rings. The summed E-state index contributed by atoms with van der Waals surface area (Å²) in [4.78, 5) is 22.1. The number of carbonyl (C=O) groups excluding carboxylic acids is 1. The first-order valence-corrected chi connectivity index (χ1v) is 7.95. The molecule has 0 saturated carbocycles. The Morgan fingerprint density at radius 2 is 2.10 bits per heavy atom. The number of hydrogen-bond donors (Lipinski definition) is 1. The van der Waals surface area contributed by atoms with Crippen molar-refractivity contribution in [1.29, 1.82) is 0 Å². The number of halogens is 2. The highest BCUT2D eigenvalue weighted by atomic mass is 35.5. The Hall–Kier alpha value is -1.18. The lowest BCUT2D eigenvalue weighted by atomic mass is 10.1.